The molecule has 1 fully saturated rings. The Bertz CT molecular complexity index is 1170. The van der Waals surface area contributed by atoms with Gasteiger partial charge in [-0.05, 0) is 42.7 Å². The van der Waals surface area contributed by atoms with Crippen LogP contribution in [0.25, 0.3) is 11.0 Å². The number of ketones is 1. The van der Waals surface area contributed by atoms with Gasteiger partial charge in [0.25, 0.3) is 5.91 Å². The quantitative estimate of drug-likeness (QED) is 0.609. The van der Waals surface area contributed by atoms with Gasteiger partial charge in [0.15, 0.2) is 11.5 Å². The van der Waals surface area contributed by atoms with E-state index >= 15 is 0 Å². The molecule has 3 heterocycles. The van der Waals surface area contributed by atoms with E-state index in [0.717, 1.165) is 18.2 Å². The zero-order chi connectivity index (χ0) is 21.5. The first-order chi connectivity index (χ1) is 15.0. The number of hydrogen-bond acceptors (Lipinski definition) is 6. The van der Waals surface area contributed by atoms with Crippen LogP contribution >= 0.6 is 0 Å². The van der Waals surface area contributed by atoms with Gasteiger partial charge < -0.3 is 24.3 Å². The van der Waals surface area contributed by atoms with Crippen molar-refractivity contribution in [3.8, 4) is 5.75 Å². The summed E-state index contributed by atoms with van der Waals surface area (Å²) in [5.41, 5.74) is 1.00. The fourth-order valence-corrected chi connectivity index (χ4v) is 4.35. The van der Waals surface area contributed by atoms with Crippen LogP contribution in [0.5, 0.6) is 5.75 Å². The van der Waals surface area contributed by atoms with E-state index in [0.29, 0.717) is 17.8 Å². The topological polar surface area (TPSA) is 100 Å². The Kier molecular flexibility index (Phi) is 4.75. The minimum Gasteiger partial charge on any atom is -0.508 e. The van der Waals surface area contributed by atoms with Crippen molar-refractivity contribution in [2.75, 3.05) is 13.2 Å². The maximum absolute atomic E-state index is 13.4. The highest BCUT2D eigenvalue weighted by Gasteiger charge is 2.45. The molecule has 2 aromatic carbocycles. The summed E-state index contributed by atoms with van der Waals surface area (Å²) >= 11 is 0. The van der Waals surface area contributed by atoms with Crippen molar-refractivity contribution in [2.24, 2.45) is 0 Å². The van der Waals surface area contributed by atoms with Crippen molar-refractivity contribution in [2.45, 2.75) is 25.0 Å². The van der Waals surface area contributed by atoms with E-state index in [1.165, 1.54) is 17.0 Å². The molecule has 0 saturated carbocycles. The number of furan rings is 1. The van der Waals surface area contributed by atoms with Crippen molar-refractivity contribution in [3.63, 3.8) is 0 Å². The SMILES string of the molecule is O=C(C1=C(O)C(=O)N(CC2CCCO2)C1c1cccc(O)c1)c1cc2ccccc2o1. The van der Waals surface area contributed by atoms with Crippen LogP contribution in [-0.4, -0.2) is 46.1 Å². The molecular formula is C24H21NO6. The summed E-state index contributed by atoms with van der Waals surface area (Å²) < 4.78 is 11.4. The maximum Gasteiger partial charge on any atom is 0.290 e. The highest BCUT2D eigenvalue weighted by atomic mass is 16.5. The molecule has 2 atom stereocenters. The summed E-state index contributed by atoms with van der Waals surface area (Å²) in [5, 5.41) is 21.5. The Balaban J connectivity index is 1.58. The lowest BCUT2D eigenvalue weighted by atomic mass is 9.94. The number of amides is 1. The molecule has 3 aromatic rings. The molecule has 1 saturated heterocycles. The van der Waals surface area contributed by atoms with Crippen molar-refractivity contribution < 1.29 is 29.0 Å². The predicted molar refractivity (Wildman–Crippen MR) is 112 cm³/mol. The van der Waals surface area contributed by atoms with E-state index in [4.69, 9.17) is 9.15 Å². The monoisotopic (exact) mass is 419 g/mol. The molecule has 2 aliphatic heterocycles. The van der Waals surface area contributed by atoms with Crippen molar-refractivity contribution in [1.82, 2.24) is 4.90 Å². The molecule has 0 radical (unpaired) electrons. The molecular weight excluding hydrogens is 398 g/mol. The van der Waals surface area contributed by atoms with Crippen molar-refractivity contribution in [1.29, 1.82) is 0 Å². The molecule has 2 N–H and O–H groups in total. The normalized spacial score (nSPS) is 21.4. The molecule has 0 spiro atoms. The molecule has 7 heteroatoms. The lowest BCUT2D eigenvalue weighted by Gasteiger charge is -2.28. The first kappa shape index (κ1) is 19.4. The number of rotatable bonds is 5. The standard InChI is InChI=1S/C24H21NO6/c26-16-7-3-6-15(11-16)21-20(22(27)19-12-14-5-1-2-9-18(14)31-19)23(28)24(29)25(21)13-17-8-4-10-30-17/h1-3,5-7,9,11-12,17,21,26,28H,4,8,10,13H2. The molecule has 7 nitrogen and oxygen atoms in total. The number of aliphatic hydroxyl groups is 1. The van der Waals surface area contributed by atoms with E-state index in [1.807, 2.05) is 12.1 Å². The second-order valence-electron chi connectivity index (χ2n) is 7.83. The molecule has 0 bridgehead atoms. The van der Waals surface area contributed by atoms with Crippen LogP contribution in [0.2, 0.25) is 0 Å². The zero-order valence-electron chi connectivity index (χ0n) is 16.7. The second-order valence-corrected chi connectivity index (χ2v) is 7.83. The highest BCUT2D eigenvalue weighted by Crippen LogP contribution is 2.41. The number of Topliss-reactive ketones (excluding diaryl/α,β-unsaturated/α-hetero) is 1. The minimum atomic E-state index is -0.857. The molecule has 5 rings (SSSR count). The highest BCUT2D eigenvalue weighted by molar-refractivity contribution is 6.16. The third-order valence-electron chi connectivity index (χ3n) is 5.81. The molecule has 1 amide bonds. The fraction of sp³-hybridized carbons (Fsp3) is 0.250. The van der Waals surface area contributed by atoms with E-state index in [9.17, 15) is 19.8 Å². The van der Waals surface area contributed by atoms with Gasteiger partial charge in [-0.3, -0.25) is 9.59 Å². The largest absolute Gasteiger partial charge is 0.508 e. The number of aromatic hydroxyl groups is 1. The summed E-state index contributed by atoms with van der Waals surface area (Å²) in [6.45, 7) is 0.855. The number of aliphatic hydroxyl groups excluding tert-OH is 1. The first-order valence-corrected chi connectivity index (χ1v) is 10.2. The number of phenols is 1. The van der Waals surface area contributed by atoms with E-state index in [2.05, 4.69) is 0 Å². The van der Waals surface area contributed by atoms with Gasteiger partial charge in [0, 0.05) is 18.5 Å². The van der Waals surface area contributed by atoms with Crippen molar-refractivity contribution >= 4 is 22.7 Å². The van der Waals surface area contributed by atoms with Crippen LogP contribution in [0.3, 0.4) is 0 Å². The molecule has 1 aromatic heterocycles. The number of phenolic OH excluding ortho intramolecular Hbond substituents is 1. The van der Waals surface area contributed by atoms with Crippen LogP contribution in [0.4, 0.5) is 0 Å². The maximum atomic E-state index is 13.4. The molecule has 0 aliphatic carbocycles. The number of benzene rings is 2. The average Bonchev–Trinajstić information content (AvgIpc) is 3.48. The molecule has 2 aliphatic rings. The number of ether oxygens (including phenoxy) is 1. The Morgan fingerprint density at radius 3 is 2.68 bits per heavy atom. The van der Waals surface area contributed by atoms with Crippen LogP contribution < -0.4 is 0 Å². The first-order valence-electron chi connectivity index (χ1n) is 10.2. The summed E-state index contributed by atoms with van der Waals surface area (Å²) in [6.07, 6.45) is 1.52. The number of para-hydroxylation sites is 1. The van der Waals surface area contributed by atoms with Gasteiger partial charge >= 0.3 is 0 Å². The van der Waals surface area contributed by atoms with Gasteiger partial charge in [-0.2, -0.15) is 0 Å². The van der Waals surface area contributed by atoms with Gasteiger partial charge in [0.2, 0.25) is 5.78 Å². The van der Waals surface area contributed by atoms with Gasteiger partial charge in [-0.25, -0.2) is 0 Å². The minimum absolute atomic E-state index is 0.00365. The van der Waals surface area contributed by atoms with E-state index in [1.54, 1.807) is 30.3 Å². The number of fused-ring (bicyclic) bond motifs is 1. The van der Waals surface area contributed by atoms with E-state index < -0.39 is 23.5 Å². The number of hydrogen-bond donors (Lipinski definition) is 2. The Morgan fingerprint density at radius 1 is 1.10 bits per heavy atom. The fourth-order valence-electron chi connectivity index (χ4n) is 4.35. The third-order valence-corrected chi connectivity index (χ3v) is 5.81. The lowest BCUT2D eigenvalue weighted by Crippen LogP contribution is -2.37. The Hall–Kier alpha value is -3.58. The van der Waals surface area contributed by atoms with Crippen LogP contribution in [-0.2, 0) is 9.53 Å². The Morgan fingerprint density at radius 2 is 1.94 bits per heavy atom. The van der Waals surface area contributed by atoms with Crippen molar-refractivity contribution in [3.05, 3.63) is 77.3 Å². The molecule has 2 unspecified atom stereocenters. The number of carbonyl (C=O) groups excluding carboxylic acids is 2. The average molecular weight is 419 g/mol. The van der Waals surface area contributed by atoms with Gasteiger partial charge in [0.05, 0.1) is 17.7 Å². The zero-order valence-corrected chi connectivity index (χ0v) is 16.7. The van der Waals surface area contributed by atoms with Crippen LogP contribution in [0.15, 0.2) is 70.3 Å². The van der Waals surface area contributed by atoms with Crippen LogP contribution in [0.1, 0.15) is 35.0 Å². The Labute approximate surface area is 178 Å². The van der Waals surface area contributed by atoms with Crippen LogP contribution in [0, 0.1) is 0 Å². The predicted octanol–water partition coefficient (Wildman–Crippen LogP) is 3.90. The summed E-state index contributed by atoms with van der Waals surface area (Å²) in [4.78, 5) is 27.9. The van der Waals surface area contributed by atoms with Gasteiger partial charge in [0.1, 0.15) is 11.3 Å². The summed E-state index contributed by atoms with van der Waals surface area (Å²) in [7, 11) is 0. The van der Waals surface area contributed by atoms with Gasteiger partial charge in [-0.1, -0.05) is 30.3 Å². The molecule has 31 heavy (non-hydrogen) atoms. The summed E-state index contributed by atoms with van der Waals surface area (Å²) in [5.74, 6) is -1.76. The summed E-state index contributed by atoms with van der Waals surface area (Å²) in [6, 6.07) is 14.3. The number of nitrogens with zero attached hydrogens (tertiary/aromatic N) is 1. The van der Waals surface area contributed by atoms with E-state index in [-0.39, 0.29) is 29.7 Å². The lowest BCUT2D eigenvalue weighted by molar-refractivity contribution is -0.131. The second kappa shape index (κ2) is 7.59. The smallest absolute Gasteiger partial charge is 0.290 e. The van der Waals surface area contributed by atoms with Gasteiger partial charge in [-0.15, -0.1) is 0 Å². The number of carbonyl (C=O) groups is 2. The third kappa shape index (κ3) is 3.37. The molecule has 158 valence electrons.